The van der Waals surface area contributed by atoms with E-state index in [1.54, 1.807) is 0 Å². The first-order valence-corrected chi connectivity index (χ1v) is 3.63. The second kappa shape index (κ2) is 8.04. The first kappa shape index (κ1) is 13.5. The van der Waals surface area contributed by atoms with Gasteiger partial charge in [0.05, 0.1) is 5.70 Å². The van der Waals surface area contributed by atoms with Gasteiger partial charge >= 0.3 is 6.61 Å². The summed E-state index contributed by atoms with van der Waals surface area (Å²) in [6.07, 6.45) is 1.33. The first-order chi connectivity index (χ1) is 5.57. The molecule has 0 radical (unpaired) electrons. The molecule has 0 aliphatic rings. The van der Waals surface area contributed by atoms with Gasteiger partial charge in [-0.25, -0.2) is 0 Å². The van der Waals surface area contributed by atoms with Crippen LogP contribution in [0.4, 0.5) is 8.78 Å². The normalized spacial score (nSPS) is 10.3. The minimum Gasteiger partial charge on any atom is -0.433 e. The van der Waals surface area contributed by atoms with Crippen LogP contribution >= 0.6 is 0 Å². The lowest BCUT2D eigenvalue weighted by atomic mass is 10.4. The fourth-order valence-electron chi connectivity index (χ4n) is 0.425. The van der Waals surface area contributed by atoms with Crippen molar-refractivity contribution in [3.05, 3.63) is 24.1 Å². The SMILES string of the molecule is C=C(N)/C(=C\C)OC(F)F.CC. The number of allylic oxidation sites excluding steroid dienone is 1. The van der Waals surface area contributed by atoms with Crippen LogP contribution in [0.15, 0.2) is 24.1 Å². The van der Waals surface area contributed by atoms with Crippen molar-refractivity contribution in [2.45, 2.75) is 27.4 Å². The zero-order valence-electron chi connectivity index (χ0n) is 7.60. The topological polar surface area (TPSA) is 35.2 Å². The van der Waals surface area contributed by atoms with Gasteiger partial charge in [0.2, 0.25) is 0 Å². The summed E-state index contributed by atoms with van der Waals surface area (Å²) >= 11 is 0. The maximum Gasteiger partial charge on any atom is 0.387 e. The monoisotopic (exact) mass is 179 g/mol. The van der Waals surface area contributed by atoms with Crippen LogP contribution in [0.1, 0.15) is 20.8 Å². The summed E-state index contributed by atoms with van der Waals surface area (Å²) in [5.41, 5.74) is 5.08. The number of hydrogen-bond donors (Lipinski definition) is 1. The van der Waals surface area contributed by atoms with Crippen molar-refractivity contribution in [2.24, 2.45) is 5.73 Å². The lowest BCUT2D eigenvalue weighted by molar-refractivity contribution is -0.0935. The highest BCUT2D eigenvalue weighted by molar-refractivity contribution is 5.17. The molecule has 0 aliphatic carbocycles. The summed E-state index contributed by atoms with van der Waals surface area (Å²) in [5, 5.41) is 0. The first-order valence-electron chi connectivity index (χ1n) is 3.63. The minimum atomic E-state index is -2.84. The van der Waals surface area contributed by atoms with Crippen LogP contribution < -0.4 is 5.73 Å². The van der Waals surface area contributed by atoms with E-state index < -0.39 is 6.61 Å². The molecular weight excluding hydrogens is 164 g/mol. The van der Waals surface area contributed by atoms with Crippen LogP contribution in [-0.2, 0) is 4.74 Å². The Hall–Kier alpha value is -1.06. The Kier molecular flexibility index (Phi) is 9.06. The molecule has 12 heavy (non-hydrogen) atoms. The van der Waals surface area contributed by atoms with Crippen molar-refractivity contribution < 1.29 is 13.5 Å². The van der Waals surface area contributed by atoms with Gasteiger partial charge in [0.15, 0.2) is 0 Å². The summed E-state index contributed by atoms with van der Waals surface area (Å²) in [7, 11) is 0. The molecule has 0 spiro atoms. The number of alkyl halides is 2. The molecular formula is C8H15F2NO. The van der Waals surface area contributed by atoms with Crippen molar-refractivity contribution in [3.8, 4) is 0 Å². The van der Waals surface area contributed by atoms with Gasteiger partial charge in [-0.15, -0.1) is 0 Å². The van der Waals surface area contributed by atoms with Crippen LogP contribution in [0.2, 0.25) is 0 Å². The molecule has 0 saturated heterocycles. The number of ether oxygens (including phenoxy) is 1. The van der Waals surface area contributed by atoms with Crippen molar-refractivity contribution in [2.75, 3.05) is 0 Å². The zero-order valence-corrected chi connectivity index (χ0v) is 7.60. The molecule has 0 fully saturated rings. The Morgan fingerprint density at radius 1 is 1.50 bits per heavy atom. The number of nitrogens with two attached hydrogens (primary N) is 1. The molecule has 0 heterocycles. The van der Waals surface area contributed by atoms with Gasteiger partial charge in [0.1, 0.15) is 5.76 Å². The van der Waals surface area contributed by atoms with Crippen LogP contribution in [0.5, 0.6) is 0 Å². The number of halogens is 2. The van der Waals surface area contributed by atoms with Crippen molar-refractivity contribution >= 4 is 0 Å². The molecule has 72 valence electrons. The fourth-order valence-corrected chi connectivity index (χ4v) is 0.425. The number of rotatable bonds is 3. The molecule has 2 N–H and O–H groups in total. The minimum absolute atomic E-state index is 0.00259. The van der Waals surface area contributed by atoms with Gasteiger partial charge in [0.25, 0.3) is 0 Å². The molecule has 0 saturated carbocycles. The molecule has 0 aromatic rings. The van der Waals surface area contributed by atoms with Gasteiger partial charge in [-0.3, -0.25) is 0 Å². The third-order valence-electron chi connectivity index (χ3n) is 0.795. The highest BCUT2D eigenvalue weighted by Crippen LogP contribution is 2.08. The predicted octanol–water partition coefficient (Wildman–Crippen LogP) is 2.63. The van der Waals surface area contributed by atoms with E-state index in [0.29, 0.717) is 0 Å². The van der Waals surface area contributed by atoms with Crippen molar-refractivity contribution in [3.63, 3.8) is 0 Å². The van der Waals surface area contributed by atoms with Gasteiger partial charge in [0, 0.05) is 0 Å². The highest BCUT2D eigenvalue weighted by Gasteiger charge is 2.06. The molecule has 0 bridgehead atoms. The van der Waals surface area contributed by atoms with E-state index in [2.05, 4.69) is 11.3 Å². The predicted molar refractivity (Wildman–Crippen MR) is 45.5 cm³/mol. The smallest absolute Gasteiger partial charge is 0.387 e. The van der Waals surface area contributed by atoms with Crippen molar-refractivity contribution in [1.82, 2.24) is 0 Å². The maximum atomic E-state index is 11.5. The highest BCUT2D eigenvalue weighted by atomic mass is 19.3. The van der Waals surface area contributed by atoms with E-state index in [-0.39, 0.29) is 11.5 Å². The Balaban J connectivity index is 0. The van der Waals surface area contributed by atoms with Gasteiger partial charge in [-0.05, 0) is 13.0 Å². The summed E-state index contributed by atoms with van der Waals surface area (Å²) in [6, 6.07) is 0. The molecule has 0 atom stereocenters. The molecule has 0 aromatic carbocycles. The van der Waals surface area contributed by atoms with Gasteiger partial charge in [-0.1, -0.05) is 20.4 Å². The summed E-state index contributed by atoms with van der Waals surface area (Å²) < 4.78 is 26.9. The Bertz CT molecular complexity index is 155. The zero-order chi connectivity index (χ0) is 10.1. The molecule has 4 heteroatoms. The second-order valence-corrected chi connectivity index (χ2v) is 1.56. The molecule has 0 amide bonds. The Labute approximate surface area is 71.7 Å². The van der Waals surface area contributed by atoms with Crippen LogP contribution in [0.25, 0.3) is 0 Å². The van der Waals surface area contributed by atoms with E-state index in [0.717, 1.165) is 0 Å². The summed E-state index contributed by atoms with van der Waals surface area (Å²) in [5.74, 6) is -0.0741. The van der Waals surface area contributed by atoms with E-state index in [1.165, 1.54) is 13.0 Å². The van der Waals surface area contributed by atoms with Gasteiger partial charge < -0.3 is 10.5 Å². The molecule has 0 aromatic heterocycles. The number of hydrogen-bond acceptors (Lipinski definition) is 2. The van der Waals surface area contributed by atoms with Crippen LogP contribution in [0, 0.1) is 0 Å². The lowest BCUT2D eigenvalue weighted by Gasteiger charge is -2.06. The molecule has 2 nitrogen and oxygen atoms in total. The Morgan fingerprint density at radius 2 is 1.92 bits per heavy atom. The van der Waals surface area contributed by atoms with Crippen LogP contribution in [0.3, 0.4) is 0 Å². The van der Waals surface area contributed by atoms with E-state index in [4.69, 9.17) is 5.73 Å². The fraction of sp³-hybridized carbons (Fsp3) is 0.500. The lowest BCUT2D eigenvalue weighted by Crippen LogP contribution is -2.06. The average molecular weight is 179 g/mol. The quantitative estimate of drug-likeness (QED) is 0.534. The largest absolute Gasteiger partial charge is 0.433 e. The van der Waals surface area contributed by atoms with E-state index >= 15 is 0 Å². The second-order valence-electron chi connectivity index (χ2n) is 1.56. The summed E-state index contributed by atoms with van der Waals surface area (Å²) in [4.78, 5) is 0. The van der Waals surface area contributed by atoms with Gasteiger partial charge in [-0.2, -0.15) is 8.78 Å². The van der Waals surface area contributed by atoms with Crippen molar-refractivity contribution in [1.29, 1.82) is 0 Å². The standard InChI is InChI=1S/C6H9F2NO.C2H6/c1-3-5(4(2)9)10-6(7)8;1-2/h3,6H,2,9H2,1H3;1-2H3/b5-3+;. The summed E-state index contributed by atoms with van der Waals surface area (Å²) in [6.45, 7) is 5.93. The third kappa shape index (κ3) is 7.05. The van der Waals surface area contributed by atoms with Crippen LogP contribution in [-0.4, -0.2) is 6.61 Å². The Morgan fingerprint density at radius 3 is 2.00 bits per heavy atom. The van der Waals surface area contributed by atoms with E-state index in [9.17, 15) is 8.78 Å². The van der Waals surface area contributed by atoms with E-state index in [1.807, 2.05) is 13.8 Å². The third-order valence-corrected chi connectivity index (χ3v) is 0.795. The molecule has 0 aliphatic heterocycles. The average Bonchev–Trinajstić information content (AvgIpc) is 2.03. The molecule has 0 unspecified atom stereocenters. The maximum absolute atomic E-state index is 11.5. The molecule has 0 rings (SSSR count).